The maximum atomic E-state index is 5.84. The molecule has 0 bridgehead atoms. The van der Waals surface area contributed by atoms with E-state index in [9.17, 15) is 0 Å². The summed E-state index contributed by atoms with van der Waals surface area (Å²) in [5.41, 5.74) is 2.77. The van der Waals surface area contributed by atoms with Crippen LogP contribution in [0, 0.1) is 0 Å². The molecule has 4 rings (SSSR count). The largest absolute Gasteiger partial charge is 0.424 e. The molecule has 5 nitrogen and oxygen atoms in total. The van der Waals surface area contributed by atoms with Gasteiger partial charge in [0.1, 0.15) is 11.6 Å². The molecule has 5 heteroatoms. The fourth-order valence-electron chi connectivity index (χ4n) is 2.71. The van der Waals surface area contributed by atoms with Crippen LogP contribution in [0.4, 0.5) is 6.01 Å². The minimum atomic E-state index is 0.00279. The Balaban J connectivity index is 1.58. The minimum absolute atomic E-state index is 0.00279. The van der Waals surface area contributed by atoms with Crippen molar-refractivity contribution in [2.75, 3.05) is 11.9 Å². The number of pyridine rings is 1. The number of hydrogen-bond acceptors (Lipinski definition) is 5. The van der Waals surface area contributed by atoms with Crippen molar-refractivity contribution in [1.82, 2.24) is 9.97 Å². The van der Waals surface area contributed by atoms with Crippen LogP contribution in [0.15, 0.2) is 53.2 Å². The molecule has 0 amide bonds. The van der Waals surface area contributed by atoms with E-state index in [-0.39, 0.29) is 12.1 Å². The smallest absolute Gasteiger partial charge is 0.296 e. The summed E-state index contributed by atoms with van der Waals surface area (Å²) in [4.78, 5) is 8.51. The zero-order valence-electron chi connectivity index (χ0n) is 11.4. The highest BCUT2D eigenvalue weighted by atomic mass is 16.5. The lowest BCUT2D eigenvalue weighted by Crippen LogP contribution is -2.23. The van der Waals surface area contributed by atoms with Crippen LogP contribution in [0.2, 0.25) is 0 Å². The number of para-hydroxylation sites is 2. The molecule has 1 saturated heterocycles. The highest BCUT2D eigenvalue weighted by Crippen LogP contribution is 2.31. The molecule has 3 heterocycles. The molecule has 21 heavy (non-hydrogen) atoms. The maximum Gasteiger partial charge on any atom is 0.296 e. The van der Waals surface area contributed by atoms with Gasteiger partial charge in [0.15, 0.2) is 5.58 Å². The second-order valence-electron chi connectivity index (χ2n) is 5.10. The van der Waals surface area contributed by atoms with E-state index in [1.165, 1.54) is 0 Å². The third kappa shape index (κ3) is 2.36. The van der Waals surface area contributed by atoms with Crippen LogP contribution >= 0.6 is 0 Å². The Hall–Kier alpha value is -2.40. The number of nitrogens with one attached hydrogen (secondary N) is 1. The number of oxazole rings is 1. The van der Waals surface area contributed by atoms with Crippen molar-refractivity contribution in [1.29, 1.82) is 0 Å². The van der Waals surface area contributed by atoms with Crippen molar-refractivity contribution in [3.63, 3.8) is 0 Å². The van der Waals surface area contributed by atoms with E-state index in [2.05, 4.69) is 15.3 Å². The second-order valence-corrected chi connectivity index (χ2v) is 5.10. The first kappa shape index (κ1) is 12.3. The molecule has 1 aliphatic rings. The summed E-state index contributed by atoms with van der Waals surface area (Å²) in [6, 6.07) is 12.4. The van der Waals surface area contributed by atoms with E-state index >= 15 is 0 Å². The van der Waals surface area contributed by atoms with Gasteiger partial charge in [0.2, 0.25) is 0 Å². The summed E-state index contributed by atoms with van der Waals surface area (Å²) < 4.78 is 11.6. The van der Waals surface area contributed by atoms with Gasteiger partial charge < -0.3 is 14.5 Å². The van der Waals surface area contributed by atoms with Crippen molar-refractivity contribution >= 4 is 17.1 Å². The lowest BCUT2D eigenvalue weighted by Gasteiger charge is -2.18. The fourth-order valence-corrected chi connectivity index (χ4v) is 2.71. The average Bonchev–Trinajstić information content (AvgIpc) is 3.14. The summed E-state index contributed by atoms with van der Waals surface area (Å²) in [7, 11) is 0. The number of rotatable bonds is 3. The summed E-state index contributed by atoms with van der Waals surface area (Å²) in [6.45, 7) is 0.727. The zero-order valence-corrected chi connectivity index (χ0v) is 11.4. The van der Waals surface area contributed by atoms with Crippen molar-refractivity contribution in [2.24, 2.45) is 0 Å². The number of ether oxygens (including phenoxy) is 1. The van der Waals surface area contributed by atoms with E-state index < -0.39 is 0 Å². The third-order valence-corrected chi connectivity index (χ3v) is 3.73. The van der Waals surface area contributed by atoms with Gasteiger partial charge in [-0.3, -0.25) is 4.98 Å². The molecule has 2 aromatic heterocycles. The number of fused-ring (bicyclic) bond motifs is 1. The van der Waals surface area contributed by atoms with Crippen molar-refractivity contribution < 1.29 is 9.15 Å². The topological polar surface area (TPSA) is 60.2 Å². The number of anilines is 1. The van der Waals surface area contributed by atoms with Gasteiger partial charge in [0.25, 0.3) is 6.01 Å². The molecule has 2 atom stereocenters. The number of benzene rings is 1. The summed E-state index contributed by atoms with van der Waals surface area (Å²) >= 11 is 0. The molecule has 1 fully saturated rings. The van der Waals surface area contributed by atoms with Crippen LogP contribution in [0.3, 0.4) is 0 Å². The Morgan fingerprint density at radius 1 is 1.10 bits per heavy atom. The van der Waals surface area contributed by atoms with E-state index in [0.29, 0.717) is 6.01 Å². The first-order valence-electron chi connectivity index (χ1n) is 7.04. The van der Waals surface area contributed by atoms with Gasteiger partial charge in [0.05, 0.1) is 6.04 Å². The predicted molar refractivity (Wildman–Crippen MR) is 79.0 cm³/mol. The number of hydrogen-bond donors (Lipinski definition) is 1. The zero-order chi connectivity index (χ0) is 14.1. The van der Waals surface area contributed by atoms with Gasteiger partial charge in [-0.25, -0.2) is 0 Å². The van der Waals surface area contributed by atoms with Crippen LogP contribution in [-0.4, -0.2) is 22.6 Å². The summed E-state index contributed by atoms with van der Waals surface area (Å²) in [5, 5.41) is 3.36. The van der Waals surface area contributed by atoms with Crippen LogP contribution in [0.1, 0.15) is 18.1 Å². The molecular formula is C16H15N3O2. The summed E-state index contributed by atoms with van der Waals surface area (Å²) in [6.07, 6.45) is 4.50. The van der Waals surface area contributed by atoms with Crippen molar-refractivity contribution in [2.45, 2.75) is 18.6 Å². The van der Waals surface area contributed by atoms with Crippen LogP contribution in [0.25, 0.3) is 11.1 Å². The van der Waals surface area contributed by atoms with E-state index in [1.54, 1.807) is 12.4 Å². The van der Waals surface area contributed by atoms with Gasteiger partial charge >= 0.3 is 0 Å². The lowest BCUT2D eigenvalue weighted by atomic mass is 10.0. The van der Waals surface area contributed by atoms with Gasteiger partial charge in [-0.1, -0.05) is 12.1 Å². The molecule has 0 aliphatic carbocycles. The first-order chi connectivity index (χ1) is 10.4. The van der Waals surface area contributed by atoms with Crippen molar-refractivity contribution in [3.8, 4) is 0 Å². The fraction of sp³-hybridized carbons (Fsp3) is 0.250. The van der Waals surface area contributed by atoms with Crippen molar-refractivity contribution in [3.05, 3.63) is 54.4 Å². The van der Waals surface area contributed by atoms with Crippen LogP contribution < -0.4 is 5.32 Å². The SMILES string of the molecule is c1ccc2oc(N[C@H]3CCO[C@@H]3c3ccncc3)nc2c1. The monoisotopic (exact) mass is 281 g/mol. The number of nitrogens with zero attached hydrogens (tertiary/aromatic N) is 2. The first-order valence-corrected chi connectivity index (χ1v) is 7.04. The minimum Gasteiger partial charge on any atom is -0.424 e. The molecule has 0 spiro atoms. The standard InChI is InChI=1S/C16H15N3O2/c1-2-4-14-12(3-1)18-16(21-14)19-13-7-10-20-15(13)11-5-8-17-9-6-11/h1-6,8-9,13,15H,7,10H2,(H,18,19)/t13-,15+/m0/s1. The van der Waals surface area contributed by atoms with E-state index in [4.69, 9.17) is 9.15 Å². The van der Waals surface area contributed by atoms with Crippen LogP contribution in [-0.2, 0) is 4.74 Å². The quantitative estimate of drug-likeness (QED) is 0.799. The van der Waals surface area contributed by atoms with Gasteiger partial charge in [0, 0.05) is 19.0 Å². The van der Waals surface area contributed by atoms with Gasteiger partial charge in [-0.05, 0) is 36.2 Å². The highest BCUT2D eigenvalue weighted by Gasteiger charge is 2.30. The Kier molecular flexibility index (Phi) is 3.05. The second kappa shape index (κ2) is 5.18. The predicted octanol–water partition coefficient (Wildman–Crippen LogP) is 3.16. The normalized spacial score (nSPS) is 21.7. The van der Waals surface area contributed by atoms with Gasteiger partial charge in [-0.2, -0.15) is 4.98 Å². The Bertz CT molecular complexity index is 708. The van der Waals surface area contributed by atoms with E-state index in [0.717, 1.165) is 29.7 Å². The molecule has 0 radical (unpaired) electrons. The van der Waals surface area contributed by atoms with E-state index in [1.807, 2.05) is 36.4 Å². The molecule has 0 saturated carbocycles. The number of aromatic nitrogens is 2. The van der Waals surface area contributed by atoms with Crippen LogP contribution in [0.5, 0.6) is 0 Å². The molecule has 1 aromatic carbocycles. The molecule has 106 valence electrons. The molecular weight excluding hydrogens is 266 g/mol. The highest BCUT2D eigenvalue weighted by molar-refractivity contribution is 5.74. The van der Waals surface area contributed by atoms with Gasteiger partial charge in [-0.15, -0.1) is 0 Å². The Labute approximate surface area is 122 Å². The maximum absolute atomic E-state index is 5.84. The summed E-state index contributed by atoms with van der Waals surface area (Å²) in [5.74, 6) is 0. The molecule has 3 aromatic rings. The third-order valence-electron chi connectivity index (χ3n) is 3.73. The molecule has 0 unspecified atom stereocenters. The molecule has 1 aliphatic heterocycles. The lowest BCUT2D eigenvalue weighted by molar-refractivity contribution is 0.107. The Morgan fingerprint density at radius 3 is 2.81 bits per heavy atom. The molecule has 1 N–H and O–H groups in total. The Morgan fingerprint density at radius 2 is 1.95 bits per heavy atom. The average molecular weight is 281 g/mol.